The predicted octanol–water partition coefficient (Wildman–Crippen LogP) is 4.67. The number of rotatable bonds is 6. The van der Waals surface area contributed by atoms with E-state index in [2.05, 4.69) is 35.7 Å². The molecule has 8 heteroatoms. The zero-order valence-electron chi connectivity index (χ0n) is 17.9. The van der Waals surface area contributed by atoms with Crippen LogP contribution in [-0.4, -0.2) is 55.3 Å². The summed E-state index contributed by atoms with van der Waals surface area (Å²) in [6.45, 7) is 8.44. The number of anilines is 2. The minimum absolute atomic E-state index is 0.125. The number of carbonyl (C=O) groups excluding carboxylic acids is 1. The first-order chi connectivity index (χ1) is 14.2. The van der Waals surface area contributed by atoms with Crippen molar-refractivity contribution in [2.45, 2.75) is 70.9 Å². The first-order valence-corrected chi connectivity index (χ1v) is 10.8. The Morgan fingerprint density at radius 2 is 1.87 bits per heavy atom. The third-order valence-corrected chi connectivity index (χ3v) is 6.20. The fourth-order valence-electron chi connectivity index (χ4n) is 4.66. The van der Waals surface area contributed by atoms with Crippen LogP contribution in [0.1, 0.15) is 46.5 Å². The average Bonchev–Trinajstić information content (AvgIpc) is 2.68. The van der Waals surface area contributed by atoms with E-state index in [-0.39, 0.29) is 23.8 Å². The second-order valence-corrected chi connectivity index (χ2v) is 8.75. The smallest absolute Gasteiger partial charge is 0.404 e. The van der Waals surface area contributed by atoms with Crippen LogP contribution in [0, 0.1) is 5.92 Å². The van der Waals surface area contributed by atoms with Gasteiger partial charge in [-0.1, -0.05) is 0 Å². The molecule has 1 saturated carbocycles. The van der Waals surface area contributed by atoms with Crippen molar-refractivity contribution in [3.8, 4) is 5.75 Å². The number of aldehydes is 1. The minimum atomic E-state index is -4.73. The third-order valence-electron chi connectivity index (χ3n) is 6.20. The fourth-order valence-corrected chi connectivity index (χ4v) is 4.66. The summed E-state index contributed by atoms with van der Waals surface area (Å²) in [5.41, 5.74) is 1.25. The van der Waals surface area contributed by atoms with E-state index in [0.29, 0.717) is 24.8 Å². The van der Waals surface area contributed by atoms with E-state index in [1.54, 1.807) is 12.1 Å². The lowest BCUT2D eigenvalue weighted by Crippen LogP contribution is -2.54. The highest BCUT2D eigenvalue weighted by molar-refractivity contribution is 5.67. The second kappa shape index (κ2) is 9.45. The summed E-state index contributed by atoms with van der Waals surface area (Å²) >= 11 is 0. The first-order valence-electron chi connectivity index (χ1n) is 10.8. The topological polar surface area (TPSA) is 44.8 Å². The van der Waals surface area contributed by atoms with Gasteiger partial charge in [0.1, 0.15) is 6.29 Å². The fraction of sp³-hybridized carbons (Fsp3) is 0.682. The van der Waals surface area contributed by atoms with E-state index in [0.717, 1.165) is 44.2 Å². The Labute approximate surface area is 176 Å². The zero-order chi connectivity index (χ0) is 21.9. The van der Waals surface area contributed by atoms with E-state index in [9.17, 15) is 18.0 Å². The molecule has 1 atom stereocenters. The molecule has 0 radical (unpaired) electrons. The molecule has 2 aliphatic rings. The standard InChI is InChI=1S/C22H32F3N3O2/c1-15(2)28-11-10-27(13-16(28)3)20-12-19(8-9-21(20)30-22(23,24)25)26-18-6-4-17(14-29)5-7-18/h8-9,12,14-18,26H,4-7,10-11,13H2,1-3H3. The van der Waals surface area contributed by atoms with E-state index in [1.807, 2.05) is 4.90 Å². The Morgan fingerprint density at radius 3 is 2.43 bits per heavy atom. The lowest BCUT2D eigenvalue weighted by molar-refractivity contribution is -0.274. The number of alkyl halides is 3. The first kappa shape index (κ1) is 22.7. The van der Waals surface area contributed by atoms with Gasteiger partial charge in [0.15, 0.2) is 5.75 Å². The van der Waals surface area contributed by atoms with Crippen LogP contribution in [0.15, 0.2) is 18.2 Å². The number of ether oxygens (including phenoxy) is 1. The Balaban J connectivity index is 1.78. The molecule has 1 N–H and O–H groups in total. The van der Waals surface area contributed by atoms with Gasteiger partial charge < -0.3 is 19.7 Å². The van der Waals surface area contributed by atoms with Crippen molar-refractivity contribution < 1.29 is 22.7 Å². The summed E-state index contributed by atoms with van der Waals surface area (Å²) in [5.74, 6) is -0.0391. The van der Waals surface area contributed by atoms with Crippen LogP contribution >= 0.6 is 0 Å². The van der Waals surface area contributed by atoms with Crippen LogP contribution in [0.25, 0.3) is 0 Å². The molecule has 0 amide bonds. The zero-order valence-corrected chi connectivity index (χ0v) is 17.9. The summed E-state index contributed by atoms with van der Waals surface area (Å²) < 4.78 is 43.3. The molecule has 1 aliphatic heterocycles. The summed E-state index contributed by atoms with van der Waals surface area (Å²) in [4.78, 5) is 15.3. The van der Waals surface area contributed by atoms with Gasteiger partial charge in [0.2, 0.25) is 0 Å². The van der Waals surface area contributed by atoms with Crippen molar-refractivity contribution >= 4 is 17.7 Å². The number of piperazine rings is 1. The molecule has 1 unspecified atom stereocenters. The maximum absolute atomic E-state index is 13.0. The summed E-state index contributed by atoms with van der Waals surface area (Å²) in [6.07, 6.45) is -0.263. The van der Waals surface area contributed by atoms with Gasteiger partial charge in [0, 0.05) is 49.4 Å². The van der Waals surface area contributed by atoms with Gasteiger partial charge in [-0.2, -0.15) is 0 Å². The number of carbonyl (C=O) groups is 1. The molecular formula is C22H32F3N3O2. The molecule has 1 saturated heterocycles. The highest BCUT2D eigenvalue weighted by atomic mass is 19.4. The van der Waals surface area contributed by atoms with Crippen molar-refractivity contribution in [3.63, 3.8) is 0 Å². The number of nitrogens with one attached hydrogen (secondary N) is 1. The highest BCUT2D eigenvalue weighted by Crippen LogP contribution is 2.37. The Hall–Kier alpha value is -1.96. The second-order valence-electron chi connectivity index (χ2n) is 8.75. The van der Waals surface area contributed by atoms with Crippen LogP contribution in [-0.2, 0) is 4.79 Å². The molecule has 3 rings (SSSR count). The third kappa shape index (κ3) is 5.80. The lowest BCUT2D eigenvalue weighted by Gasteiger charge is -2.43. The van der Waals surface area contributed by atoms with Crippen LogP contribution in [0.4, 0.5) is 24.5 Å². The summed E-state index contributed by atoms with van der Waals surface area (Å²) in [6, 6.07) is 5.66. The Kier molecular flexibility index (Phi) is 7.16. The minimum Gasteiger partial charge on any atom is -0.404 e. The van der Waals surface area contributed by atoms with Crippen LogP contribution < -0.4 is 15.0 Å². The monoisotopic (exact) mass is 427 g/mol. The molecule has 5 nitrogen and oxygen atoms in total. The van der Waals surface area contributed by atoms with Crippen molar-refractivity contribution in [1.29, 1.82) is 0 Å². The van der Waals surface area contributed by atoms with Gasteiger partial charge in [-0.3, -0.25) is 4.90 Å². The quantitative estimate of drug-likeness (QED) is 0.669. The molecule has 0 bridgehead atoms. The largest absolute Gasteiger partial charge is 0.573 e. The van der Waals surface area contributed by atoms with Gasteiger partial charge in [0.25, 0.3) is 0 Å². The molecule has 1 aromatic rings. The van der Waals surface area contributed by atoms with Crippen molar-refractivity contribution in [1.82, 2.24) is 4.90 Å². The van der Waals surface area contributed by atoms with Crippen molar-refractivity contribution in [2.75, 3.05) is 29.9 Å². The van der Waals surface area contributed by atoms with Gasteiger partial charge in [-0.05, 0) is 64.7 Å². The van der Waals surface area contributed by atoms with E-state index in [1.165, 1.54) is 6.07 Å². The van der Waals surface area contributed by atoms with Crippen molar-refractivity contribution in [2.24, 2.45) is 5.92 Å². The number of hydrogen-bond donors (Lipinski definition) is 1. The van der Waals surface area contributed by atoms with Gasteiger partial charge >= 0.3 is 6.36 Å². The van der Waals surface area contributed by atoms with E-state index < -0.39 is 6.36 Å². The molecule has 30 heavy (non-hydrogen) atoms. The molecule has 1 heterocycles. The molecular weight excluding hydrogens is 395 g/mol. The molecule has 2 fully saturated rings. The molecule has 1 aliphatic carbocycles. The Bertz CT molecular complexity index is 718. The summed E-state index contributed by atoms with van der Waals surface area (Å²) in [5, 5.41) is 3.44. The SMILES string of the molecule is CC(C)N1CCN(c2cc(NC3CCC(C=O)CC3)ccc2OC(F)(F)F)CC1C. The normalized spacial score (nSPS) is 26.0. The van der Waals surface area contributed by atoms with Gasteiger partial charge in [-0.25, -0.2) is 0 Å². The maximum atomic E-state index is 13.0. The predicted molar refractivity (Wildman–Crippen MR) is 112 cm³/mol. The van der Waals surface area contributed by atoms with Crippen LogP contribution in [0.3, 0.4) is 0 Å². The van der Waals surface area contributed by atoms with Gasteiger partial charge in [-0.15, -0.1) is 13.2 Å². The Morgan fingerprint density at radius 1 is 1.17 bits per heavy atom. The maximum Gasteiger partial charge on any atom is 0.573 e. The van der Waals surface area contributed by atoms with Crippen molar-refractivity contribution in [3.05, 3.63) is 18.2 Å². The number of halogens is 3. The highest BCUT2D eigenvalue weighted by Gasteiger charge is 2.34. The average molecular weight is 428 g/mol. The van der Waals surface area contributed by atoms with Crippen LogP contribution in [0.2, 0.25) is 0 Å². The van der Waals surface area contributed by atoms with Crippen LogP contribution in [0.5, 0.6) is 5.75 Å². The molecule has 168 valence electrons. The van der Waals surface area contributed by atoms with E-state index in [4.69, 9.17) is 0 Å². The summed E-state index contributed by atoms with van der Waals surface area (Å²) in [7, 11) is 0. The molecule has 0 aromatic heterocycles. The molecule has 0 spiro atoms. The number of nitrogens with zero attached hydrogens (tertiary/aromatic N) is 2. The van der Waals surface area contributed by atoms with E-state index >= 15 is 0 Å². The molecule has 1 aromatic carbocycles. The lowest BCUT2D eigenvalue weighted by atomic mass is 9.87. The number of benzene rings is 1. The number of hydrogen-bond acceptors (Lipinski definition) is 5. The van der Waals surface area contributed by atoms with Gasteiger partial charge in [0.05, 0.1) is 5.69 Å².